The molecule has 0 aromatic carbocycles. The highest BCUT2D eigenvalue weighted by atomic mass is 35.7. The molecule has 0 rings (SSSR count). The van der Waals surface area contributed by atoms with E-state index in [1.807, 2.05) is 0 Å². The monoisotopic (exact) mass is 236 g/mol. The fourth-order valence-corrected chi connectivity index (χ4v) is 1.53. The number of halogens is 3. The molecule has 0 aromatic rings. The van der Waals surface area contributed by atoms with E-state index >= 15 is 0 Å². The molecule has 0 saturated carbocycles. The summed E-state index contributed by atoms with van der Waals surface area (Å²) in [5.41, 5.74) is 0. The molecule has 0 N–H and O–H groups in total. The molecule has 0 radical (unpaired) electrons. The Morgan fingerprint density at radius 2 is 1.92 bits per heavy atom. The summed E-state index contributed by atoms with van der Waals surface area (Å²) in [6.45, 7) is -0.468. The highest BCUT2D eigenvalue weighted by Crippen LogP contribution is 2.02. The van der Waals surface area contributed by atoms with Crippen molar-refractivity contribution in [1.29, 1.82) is 0 Å². The Labute approximate surface area is 80.4 Å². The molecule has 0 aliphatic heterocycles. The number of ether oxygens (including phenoxy) is 1. The van der Waals surface area contributed by atoms with E-state index in [2.05, 4.69) is 4.74 Å². The Morgan fingerprint density at radius 1 is 1.31 bits per heavy atom. The zero-order valence-electron chi connectivity index (χ0n) is 6.88. The van der Waals surface area contributed by atoms with E-state index < -0.39 is 22.1 Å². The third-order valence-corrected chi connectivity index (χ3v) is 2.41. The Kier molecular flexibility index (Phi) is 6.53. The van der Waals surface area contributed by atoms with Crippen LogP contribution in [-0.2, 0) is 13.8 Å². The molecule has 13 heavy (non-hydrogen) atoms. The SMILES string of the molecule is O=S(=O)(Cl)CCCCOCC(F)F. The number of hydrogen-bond donors (Lipinski definition) is 0. The molecule has 0 fully saturated rings. The van der Waals surface area contributed by atoms with Crippen molar-refractivity contribution in [1.82, 2.24) is 0 Å². The van der Waals surface area contributed by atoms with Crippen LogP contribution in [0.4, 0.5) is 8.78 Å². The van der Waals surface area contributed by atoms with Gasteiger partial charge in [0.15, 0.2) is 0 Å². The summed E-state index contributed by atoms with van der Waals surface area (Å²) in [4.78, 5) is 0. The standard InChI is InChI=1S/C6H11ClF2O3S/c7-13(10,11)4-2-1-3-12-5-6(8)9/h6H,1-5H2. The average Bonchev–Trinajstić information content (AvgIpc) is 1.93. The maximum Gasteiger partial charge on any atom is 0.261 e. The number of rotatable bonds is 7. The second-order valence-corrected chi connectivity index (χ2v) is 5.31. The Bertz CT molecular complexity index is 218. The van der Waals surface area contributed by atoms with Gasteiger partial charge in [-0.2, -0.15) is 0 Å². The van der Waals surface area contributed by atoms with Crippen molar-refractivity contribution < 1.29 is 21.9 Å². The van der Waals surface area contributed by atoms with Crippen molar-refractivity contribution in [2.24, 2.45) is 0 Å². The summed E-state index contributed by atoms with van der Waals surface area (Å²) < 4.78 is 48.3. The maximum absolute atomic E-state index is 11.5. The van der Waals surface area contributed by atoms with Crippen molar-refractivity contribution >= 4 is 19.7 Å². The van der Waals surface area contributed by atoms with Crippen LogP contribution in [0.5, 0.6) is 0 Å². The molecule has 0 unspecified atom stereocenters. The lowest BCUT2D eigenvalue weighted by Crippen LogP contribution is -2.06. The van der Waals surface area contributed by atoms with Crippen molar-refractivity contribution in [3.63, 3.8) is 0 Å². The number of alkyl halides is 2. The minimum atomic E-state index is -3.46. The normalized spacial score (nSPS) is 12.3. The molecular formula is C6H11ClF2O3S. The molecule has 0 atom stereocenters. The van der Waals surface area contributed by atoms with E-state index in [1.165, 1.54) is 0 Å². The summed E-state index contributed by atoms with van der Waals surface area (Å²) in [6, 6.07) is 0. The van der Waals surface area contributed by atoms with Gasteiger partial charge in [-0.25, -0.2) is 17.2 Å². The van der Waals surface area contributed by atoms with Crippen LogP contribution in [0, 0.1) is 0 Å². The fourth-order valence-electron chi connectivity index (χ4n) is 0.651. The van der Waals surface area contributed by atoms with E-state index in [-0.39, 0.29) is 12.4 Å². The van der Waals surface area contributed by atoms with Crippen LogP contribution in [0.3, 0.4) is 0 Å². The number of unbranched alkanes of at least 4 members (excludes halogenated alkanes) is 1. The minimum absolute atomic E-state index is 0.136. The lowest BCUT2D eigenvalue weighted by atomic mass is 10.4. The summed E-state index contributed by atoms with van der Waals surface area (Å²) in [6.07, 6.45) is -1.73. The predicted molar refractivity (Wildman–Crippen MR) is 45.7 cm³/mol. The summed E-state index contributed by atoms with van der Waals surface area (Å²) in [5, 5.41) is 0. The van der Waals surface area contributed by atoms with Gasteiger partial charge in [-0.3, -0.25) is 0 Å². The predicted octanol–water partition coefficient (Wildman–Crippen LogP) is 1.62. The van der Waals surface area contributed by atoms with Gasteiger partial charge in [0.25, 0.3) is 6.43 Å². The van der Waals surface area contributed by atoms with Gasteiger partial charge >= 0.3 is 0 Å². The van der Waals surface area contributed by atoms with Crippen molar-refractivity contribution in [2.45, 2.75) is 19.3 Å². The van der Waals surface area contributed by atoms with Gasteiger partial charge in [0, 0.05) is 17.3 Å². The van der Waals surface area contributed by atoms with Gasteiger partial charge in [-0.15, -0.1) is 0 Å². The molecule has 0 saturated heterocycles. The van der Waals surface area contributed by atoms with E-state index in [0.29, 0.717) is 12.8 Å². The molecule has 7 heteroatoms. The molecular weight excluding hydrogens is 226 g/mol. The average molecular weight is 237 g/mol. The number of hydrogen-bond acceptors (Lipinski definition) is 3. The second-order valence-electron chi connectivity index (χ2n) is 2.42. The molecule has 3 nitrogen and oxygen atoms in total. The summed E-state index contributed by atoms with van der Waals surface area (Å²) >= 11 is 0. The van der Waals surface area contributed by atoms with Crippen molar-refractivity contribution in [3.8, 4) is 0 Å². The lowest BCUT2D eigenvalue weighted by Gasteiger charge is -2.01. The summed E-state index contributed by atoms with van der Waals surface area (Å²) in [5.74, 6) is -0.146. The van der Waals surface area contributed by atoms with Crippen LogP contribution < -0.4 is 0 Å². The molecule has 80 valence electrons. The van der Waals surface area contributed by atoms with E-state index in [4.69, 9.17) is 10.7 Å². The maximum atomic E-state index is 11.5. The molecule has 0 spiro atoms. The van der Waals surface area contributed by atoms with E-state index in [1.54, 1.807) is 0 Å². The van der Waals surface area contributed by atoms with Gasteiger partial charge < -0.3 is 4.74 Å². The Hall–Kier alpha value is 0.0600. The van der Waals surface area contributed by atoms with Crippen LogP contribution in [0.15, 0.2) is 0 Å². The van der Waals surface area contributed by atoms with Crippen molar-refractivity contribution in [2.75, 3.05) is 19.0 Å². The summed E-state index contributed by atoms with van der Waals surface area (Å²) in [7, 11) is 1.45. The van der Waals surface area contributed by atoms with Gasteiger partial charge in [-0.1, -0.05) is 0 Å². The van der Waals surface area contributed by atoms with Crippen LogP contribution in [-0.4, -0.2) is 33.8 Å². The van der Waals surface area contributed by atoms with E-state index in [9.17, 15) is 17.2 Å². The second kappa shape index (κ2) is 6.50. The lowest BCUT2D eigenvalue weighted by molar-refractivity contribution is 0.0166. The molecule has 0 bridgehead atoms. The van der Waals surface area contributed by atoms with Crippen LogP contribution in [0.2, 0.25) is 0 Å². The molecule has 0 heterocycles. The van der Waals surface area contributed by atoms with Gasteiger partial charge in [0.2, 0.25) is 9.05 Å². The highest BCUT2D eigenvalue weighted by Gasteiger charge is 2.05. The van der Waals surface area contributed by atoms with Crippen LogP contribution in [0.1, 0.15) is 12.8 Å². The van der Waals surface area contributed by atoms with Gasteiger partial charge in [-0.05, 0) is 12.8 Å². The van der Waals surface area contributed by atoms with E-state index in [0.717, 1.165) is 0 Å². The first-order valence-electron chi connectivity index (χ1n) is 3.70. The smallest absolute Gasteiger partial charge is 0.261 e. The molecule has 0 amide bonds. The van der Waals surface area contributed by atoms with Gasteiger partial charge in [0.1, 0.15) is 6.61 Å². The third-order valence-electron chi connectivity index (χ3n) is 1.17. The third kappa shape index (κ3) is 12.1. The Morgan fingerprint density at radius 3 is 2.38 bits per heavy atom. The van der Waals surface area contributed by atoms with Crippen LogP contribution in [0.25, 0.3) is 0 Å². The van der Waals surface area contributed by atoms with Gasteiger partial charge in [0.05, 0.1) is 5.75 Å². The quantitative estimate of drug-likeness (QED) is 0.498. The molecule has 0 aromatic heterocycles. The van der Waals surface area contributed by atoms with Crippen LogP contribution >= 0.6 is 10.7 Å². The first-order valence-corrected chi connectivity index (χ1v) is 6.18. The highest BCUT2D eigenvalue weighted by molar-refractivity contribution is 8.13. The fraction of sp³-hybridized carbons (Fsp3) is 1.00. The Balaban J connectivity index is 3.18. The van der Waals surface area contributed by atoms with Crippen molar-refractivity contribution in [3.05, 3.63) is 0 Å². The zero-order valence-corrected chi connectivity index (χ0v) is 8.45. The zero-order chi connectivity index (χ0) is 10.3. The largest absolute Gasteiger partial charge is 0.376 e. The molecule has 0 aliphatic rings. The molecule has 0 aliphatic carbocycles. The minimum Gasteiger partial charge on any atom is -0.376 e. The first-order chi connectivity index (χ1) is 5.92. The topological polar surface area (TPSA) is 43.4 Å². The first kappa shape index (κ1) is 13.1.